The number of aromatic nitrogens is 3. The first kappa shape index (κ1) is 22.9. The smallest absolute Gasteiger partial charge is 0.233 e. The Labute approximate surface area is 198 Å². The Morgan fingerprint density at radius 2 is 1.67 bits per heavy atom. The number of furan rings is 1. The molecule has 0 aliphatic heterocycles. The van der Waals surface area contributed by atoms with Crippen molar-refractivity contribution >= 4 is 17.7 Å². The van der Waals surface area contributed by atoms with E-state index in [4.69, 9.17) is 4.42 Å². The molecule has 2 heterocycles. The normalized spacial score (nSPS) is 11.2. The van der Waals surface area contributed by atoms with Crippen LogP contribution in [0.1, 0.15) is 30.7 Å². The van der Waals surface area contributed by atoms with Crippen LogP contribution in [0.3, 0.4) is 0 Å². The van der Waals surface area contributed by atoms with Crippen molar-refractivity contribution in [2.75, 3.05) is 5.75 Å². The minimum atomic E-state index is 0.0779. The maximum atomic E-state index is 13.2. The zero-order chi connectivity index (χ0) is 23.2. The van der Waals surface area contributed by atoms with Crippen LogP contribution in [-0.4, -0.2) is 37.4 Å². The first-order valence-electron chi connectivity index (χ1n) is 11.0. The molecule has 0 atom stereocenters. The molecule has 0 radical (unpaired) electrons. The van der Waals surface area contributed by atoms with Gasteiger partial charge in [0, 0.05) is 12.6 Å². The van der Waals surface area contributed by atoms with Gasteiger partial charge >= 0.3 is 0 Å². The summed E-state index contributed by atoms with van der Waals surface area (Å²) in [5.74, 6) is 1.90. The van der Waals surface area contributed by atoms with Crippen LogP contribution in [0.4, 0.5) is 0 Å². The van der Waals surface area contributed by atoms with Crippen LogP contribution >= 0.6 is 11.8 Å². The molecule has 0 saturated carbocycles. The summed E-state index contributed by atoms with van der Waals surface area (Å²) in [5, 5.41) is 9.60. The molecule has 0 N–H and O–H groups in total. The number of aryl methyl sites for hydroxylation is 1. The van der Waals surface area contributed by atoms with Gasteiger partial charge in [-0.1, -0.05) is 72.4 Å². The first-order chi connectivity index (χ1) is 16.0. The highest BCUT2D eigenvalue weighted by molar-refractivity contribution is 7.99. The third-order valence-electron chi connectivity index (χ3n) is 5.46. The molecule has 6 nitrogen and oxygen atoms in total. The lowest BCUT2D eigenvalue weighted by atomic mass is 10.2. The summed E-state index contributed by atoms with van der Waals surface area (Å²) in [5.41, 5.74) is 3.17. The minimum absolute atomic E-state index is 0.0779. The van der Waals surface area contributed by atoms with Crippen LogP contribution in [0.2, 0.25) is 0 Å². The standard InChI is InChI=1S/C26H28N4O2S/c1-19(2)29(16-21-10-6-4-7-11-21)24(31)18-33-26-28-27-25(23-14-15-32-20(23)3)30(26)17-22-12-8-5-9-13-22/h4-15,19H,16-18H2,1-3H3. The maximum Gasteiger partial charge on any atom is 0.233 e. The predicted octanol–water partition coefficient (Wildman–Crippen LogP) is 5.42. The highest BCUT2D eigenvalue weighted by Gasteiger charge is 2.21. The molecule has 2 aromatic carbocycles. The molecule has 1 amide bonds. The Bertz CT molecular complexity index is 1190. The van der Waals surface area contributed by atoms with Gasteiger partial charge in [-0.05, 0) is 38.0 Å². The highest BCUT2D eigenvalue weighted by atomic mass is 32.2. The van der Waals surface area contributed by atoms with Gasteiger partial charge in [-0.25, -0.2) is 0 Å². The summed E-state index contributed by atoms with van der Waals surface area (Å²) in [6.07, 6.45) is 1.66. The van der Waals surface area contributed by atoms with Crippen LogP contribution in [0.15, 0.2) is 82.6 Å². The van der Waals surface area contributed by atoms with Gasteiger partial charge in [-0.15, -0.1) is 10.2 Å². The molecule has 0 fully saturated rings. The molecular formula is C26H28N4O2S. The number of nitrogens with zero attached hydrogens (tertiary/aromatic N) is 4. The van der Waals surface area contributed by atoms with Gasteiger partial charge < -0.3 is 9.32 Å². The van der Waals surface area contributed by atoms with E-state index < -0.39 is 0 Å². The topological polar surface area (TPSA) is 64.2 Å². The Morgan fingerprint density at radius 1 is 1.00 bits per heavy atom. The molecule has 0 aliphatic rings. The lowest BCUT2D eigenvalue weighted by molar-refractivity contribution is -0.130. The fraction of sp³-hybridized carbons (Fsp3) is 0.269. The molecule has 2 aromatic heterocycles. The average Bonchev–Trinajstić information content (AvgIpc) is 3.42. The molecule has 0 spiro atoms. The fourth-order valence-corrected chi connectivity index (χ4v) is 4.49. The Morgan fingerprint density at radius 3 is 2.27 bits per heavy atom. The van der Waals surface area contributed by atoms with Crippen LogP contribution < -0.4 is 0 Å². The summed E-state index contributed by atoms with van der Waals surface area (Å²) in [4.78, 5) is 15.1. The van der Waals surface area contributed by atoms with E-state index in [-0.39, 0.29) is 11.9 Å². The van der Waals surface area contributed by atoms with E-state index in [1.807, 2.05) is 80.3 Å². The summed E-state index contributed by atoms with van der Waals surface area (Å²) >= 11 is 1.42. The van der Waals surface area contributed by atoms with Crippen molar-refractivity contribution < 1.29 is 9.21 Å². The zero-order valence-corrected chi connectivity index (χ0v) is 20.0. The van der Waals surface area contributed by atoms with Crippen molar-refractivity contribution in [1.82, 2.24) is 19.7 Å². The zero-order valence-electron chi connectivity index (χ0n) is 19.1. The maximum absolute atomic E-state index is 13.2. The lowest BCUT2D eigenvalue weighted by Crippen LogP contribution is -2.37. The summed E-state index contributed by atoms with van der Waals surface area (Å²) in [6.45, 7) is 7.21. The van der Waals surface area contributed by atoms with Crippen LogP contribution in [0.5, 0.6) is 0 Å². The summed E-state index contributed by atoms with van der Waals surface area (Å²) in [6, 6.07) is 22.3. The molecule has 33 heavy (non-hydrogen) atoms. The van der Waals surface area contributed by atoms with Crippen molar-refractivity contribution in [2.45, 2.75) is 45.1 Å². The number of carbonyl (C=O) groups is 1. The fourth-order valence-electron chi connectivity index (χ4n) is 3.67. The number of thioether (sulfide) groups is 1. The Balaban J connectivity index is 1.55. The second kappa shape index (κ2) is 10.5. The monoisotopic (exact) mass is 460 g/mol. The van der Waals surface area contributed by atoms with Gasteiger partial charge in [0.2, 0.25) is 5.91 Å². The first-order valence-corrected chi connectivity index (χ1v) is 12.0. The van der Waals surface area contributed by atoms with E-state index in [9.17, 15) is 4.79 Å². The van der Waals surface area contributed by atoms with E-state index in [0.717, 1.165) is 28.3 Å². The van der Waals surface area contributed by atoms with E-state index in [1.165, 1.54) is 11.8 Å². The predicted molar refractivity (Wildman–Crippen MR) is 131 cm³/mol. The van der Waals surface area contributed by atoms with Crippen molar-refractivity contribution in [3.05, 3.63) is 89.9 Å². The van der Waals surface area contributed by atoms with Crippen LogP contribution in [0, 0.1) is 6.92 Å². The second-order valence-electron chi connectivity index (χ2n) is 8.16. The number of amides is 1. The van der Waals surface area contributed by atoms with Gasteiger partial charge in [0.25, 0.3) is 0 Å². The number of benzene rings is 2. The van der Waals surface area contributed by atoms with Gasteiger partial charge in [0.15, 0.2) is 11.0 Å². The number of hydrogen-bond acceptors (Lipinski definition) is 5. The van der Waals surface area contributed by atoms with Gasteiger partial charge in [0.05, 0.1) is 24.1 Å². The summed E-state index contributed by atoms with van der Waals surface area (Å²) < 4.78 is 7.55. The van der Waals surface area contributed by atoms with Crippen molar-refractivity contribution in [1.29, 1.82) is 0 Å². The molecule has 0 bridgehead atoms. The quantitative estimate of drug-likeness (QED) is 0.312. The molecule has 0 saturated heterocycles. The number of carbonyl (C=O) groups excluding carboxylic acids is 1. The molecule has 0 unspecified atom stereocenters. The van der Waals surface area contributed by atoms with Crippen molar-refractivity contribution in [3.63, 3.8) is 0 Å². The third kappa shape index (κ3) is 5.54. The molecule has 170 valence electrons. The molecular weight excluding hydrogens is 432 g/mol. The lowest BCUT2D eigenvalue weighted by Gasteiger charge is -2.27. The van der Waals surface area contributed by atoms with Crippen LogP contribution in [-0.2, 0) is 17.9 Å². The van der Waals surface area contributed by atoms with Gasteiger partial charge in [0.1, 0.15) is 5.76 Å². The average molecular weight is 461 g/mol. The second-order valence-corrected chi connectivity index (χ2v) is 9.10. The van der Waals surface area contributed by atoms with Gasteiger partial charge in [-0.3, -0.25) is 9.36 Å². The van der Waals surface area contributed by atoms with Crippen molar-refractivity contribution in [2.24, 2.45) is 0 Å². The number of rotatable bonds is 9. The van der Waals surface area contributed by atoms with E-state index >= 15 is 0 Å². The highest BCUT2D eigenvalue weighted by Crippen LogP contribution is 2.28. The number of hydrogen-bond donors (Lipinski definition) is 0. The molecule has 7 heteroatoms. The van der Waals surface area contributed by atoms with E-state index in [0.29, 0.717) is 24.0 Å². The molecule has 0 aliphatic carbocycles. The van der Waals surface area contributed by atoms with E-state index in [2.05, 4.69) is 26.9 Å². The van der Waals surface area contributed by atoms with Gasteiger partial charge in [-0.2, -0.15) is 0 Å². The molecule has 4 rings (SSSR count). The van der Waals surface area contributed by atoms with Crippen molar-refractivity contribution in [3.8, 4) is 11.4 Å². The third-order valence-corrected chi connectivity index (χ3v) is 6.42. The Kier molecular flexibility index (Phi) is 7.29. The largest absolute Gasteiger partial charge is 0.469 e. The molecule has 4 aromatic rings. The SMILES string of the molecule is Cc1occc1-c1nnc(SCC(=O)N(Cc2ccccc2)C(C)C)n1Cc1ccccc1. The van der Waals surface area contributed by atoms with E-state index in [1.54, 1.807) is 6.26 Å². The Hall–Kier alpha value is -3.32. The summed E-state index contributed by atoms with van der Waals surface area (Å²) in [7, 11) is 0. The minimum Gasteiger partial charge on any atom is -0.469 e. The van der Waals surface area contributed by atoms with Crippen LogP contribution in [0.25, 0.3) is 11.4 Å².